The summed E-state index contributed by atoms with van der Waals surface area (Å²) in [6, 6.07) is 10.4. The minimum absolute atomic E-state index is 0.0427. The molecule has 0 aliphatic rings. The molecule has 5 nitrogen and oxygen atoms in total. The van der Waals surface area contributed by atoms with E-state index < -0.39 is 11.9 Å². The average Bonchev–Trinajstić information content (AvgIpc) is 2.53. The van der Waals surface area contributed by atoms with Crippen molar-refractivity contribution < 1.29 is 14.3 Å². The van der Waals surface area contributed by atoms with E-state index in [-0.39, 0.29) is 23.4 Å². The predicted molar refractivity (Wildman–Crippen MR) is 90.2 cm³/mol. The molecule has 23 heavy (non-hydrogen) atoms. The largest absolute Gasteiger partial charge is 0.452 e. The number of halogens is 2. The summed E-state index contributed by atoms with van der Waals surface area (Å²) in [6.07, 6.45) is 1.46. The lowest BCUT2D eigenvalue weighted by molar-refractivity contribution is -0.124. The molecule has 2 rings (SSSR count). The topological polar surface area (TPSA) is 68.3 Å². The molecule has 0 aliphatic heterocycles. The number of nitrogens with one attached hydrogen (secondary N) is 1. The van der Waals surface area contributed by atoms with Crippen molar-refractivity contribution >= 4 is 39.4 Å². The molecule has 0 fully saturated rings. The third kappa shape index (κ3) is 5.04. The maximum Gasteiger partial charge on any atom is 0.341 e. The lowest BCUT2D eigenvalue weighted by atomic mass is 10.1. The Hall–Kier alpha value is -1.92. The minimum Gasteiger partial charge on any atom is -0.452 e. The number of carbonyl (C=O) groups is 2. The van der Waals surface area contributed by atoms with Gasteiger partial charge in [-0.05, 0) is 36.8 Å². The van der Waals surface area contributed by atoms with Gasteiger partial charge in [-0.2, -0.15) is 0 Å². The van der Waals surface area contributed by atoms with Gasteiger partial charge < -0.3 is 10.1 Å². The molecule has 1 N–H and O–H groups in total. The van der Waals surface area contributed by atoms with Crippen LogP contribution in [0.5, 0.6) is 0 Å². The molecule has 0 bridgehead atoms. The first kappa shape index (κ1) is 17.4. The zero-order valence-electron chi connectivity index (χ0n) is 12.3. The van der Waals surface area contributed by atoms with Crippen LogP contribution in [0.2, 0.25) is 5.15 Å². The van der Waals surface area contributed by atoms with Crippen molar-refractivity contribution in [3.05, 3.63) is 63.3 Å². The number of rotatable bonds is 5. The summed E-state index contributed by atoms with van der Waals surface area (Å²) in [6.45, 7) is 1.46. The number of aromatic nitrogens is 1. The lowest BCUT2D eigenvalue weighted by Gasteiger charge is -2.14. The summed E-state index contributed by atoms with van der Waals surface area (Å²) in [5.41, 5.74) is 1.08. The molecule has 1 atom stereocenters. The molecular weight excluding hydrogens is 384 g/mol. The van der Waals surface area contributed by atoms with Crippen LogP contribution in [0.4, 0.5) is 0 Å². The second-order valence-electron chi connectivity index (χ2n) is 4.76. The number of pyridine rings is 1. The summed E-state index contributed by atoms with van der Waals surface area (Å²) in [5.74, 6) is -1.08. The number of hydrogen-bond donors (Lipinski definition) is 1. The minimum atomic E-state index is -0.686. The third-order valence-electron chi connectivity index (χ3n) is 3.06. The van der Waals surface area contributed by atoms with Crippen molar-refractivity contribution in [2.75, 3.05) is 6.61 Å². The van der Waals surface area contributed by atoms with Gasteiger partial charge in [0.2, 0.25) is 0 Å². The van der Waals surface area contributed by atoms with Crippen LogP contribution in [0.3, 0.4) is 0 Å². The molecular formula is C16H14BrClN2O3. The van der Waals surface area contributed by atoms with E-state index in [1.807, 2.05) is 31.2 Å². The van der Waals surface area contributed by atoms with Crippen LogP contribution >= 0.6 is 27.5 Å². The van der Waals surface area contributed by atoms with Crippen LogP contribution in [0.15, 0.2) is 47.1 Å². The van der Waals surface area contributed by atoms with Gasteiger partial charge >= 0.3 is 5.97 Å². The Morgan fingerprint density at radius 1 is 1.30 bits per heavy atom. The molecule has 0 radical (unpaired) electrons. The molecule has 7 heteroatoms. The molecule has 2 aromatic rings. The normalized spacial score (nSPS) is 11.6. The van der Waals surface area contributed by atoms with Crippen LogP contribution in [0, 0.1) is 0 Å². The number of carbonyl (C=O) groups excluding carboxylic acids is 2. The number of ether oxygens (including phenoxy) is 1. The van der Waals surface area contributed by atoms with E-state index in [4.69, 9.17) is 16.3 Å². The first-order valence-electron chi connectivity index (χ1n) is 6.80. The van der Waals surface area contributed by atoms with E-state index in [1.165, 1.54) is 12.3 Å². The molecule has 0 aliphatic carbocycles. The van der Waals surface area contributed by atoms with Gasteiger partial charge in [-0.15, -0.1) is 0 Å². The summed E-state index contributed by atoms with van der Waals surface area (Å²) in [4.78, 5) is 27.5. The van der Waals surface area contributed by atoms with Crippen molar-refractivity contribution in [2.24, 2.45) is 0 Å². The summed E-state index contributed by atoms with van der Waals surface area (Å²) < 4.78 is 5.90. The number of amides is 1. The highest BCUT2D eigenvalue weighted by molar-refractivity contribution is 9.10. The Kier molecular flexibility index (Phi) is 6.12. The smallest absolute Gasteiger partial charge is 0.341 e. The molecule has 1 aromatic heterocycles. The van der Waals surface area contributed by atoms with Crippen LogP contribution < -0.4 is 5.32 Å². The monoisotopic (exact) mass is 396 g/mol. The highest BCUT2D eigenvalue weighted by Gasteiger charge is 2.15. The Bertz CT molecular complexity index is 707. The Balaban J connectivity index is 1.86. The van der Waals surface area contributed by atoms with Gasteiger partial charge in [0.1, 0.15) is 5.15 Å². The fourth-order valence-corrected chi connectivity index (χ4v) is 2.33. The van der Waals surface area contributed by atoms with Gasteiger partial charge in [0.25, 0.3) is 5.91 Å². The van der Waals surface area contributed by atoms with Gasteiger partial charge in [-0.25, -0.2) is 9.78 Å². The van der Waals surface area contributed by atoms with Crippen LogP contribution in [-0.2, 0) is 9.53 Å². The standard InChI is InChI=1S/C16H14BrClN2O3/c1-10(11-4-6-12(17)7-5-11)20-14(21)9-23-16(22)13-3-2-8-19-15(13)18/h2-8,10H,9H2,1H3,(H,20,21)/t10-/m1/s1. The van der Waals surface area contributed by atoms with Crippen molar-refractivity contribution in [3.8, 4) is 0 Å². The second kappa shape index (κ2) is 8.08. The molecule has 0 saturated heterocycles. The van der Waals surface area contributed by atoms with Gasteiger partial charge in [-0.1, -0.05) is 39.7 Å². The van der Waals surface area contributed by atoms with E-state index in [0.717, 1.165) is 10.0 Å². The zero-order chi connectivity index (χ0) is 16.8. The van der Waals surface area contributed by atoms with E-state index >= 15 is 0 Å². The highest BCUT2D eigenvalue weighted by atomic mass is 79.9. The van der Waals surface area contributed by atoms with Crippen LogP contribution in [0.1, 0.15) is 28.9 Å². The average molecular weight is 398 g/mol. The number of nitrogens with zero attached hydrogens (tertiary/aromatic N) is 1. The van der Waals surface area contributed by atoms with Crippen molar-refractivity contribution in [1.29, 1.82) is 0 Å². The maximum absolute atomic E-state index is 11.9. The lowest BCUT2D eigenvalue weighted by Crippen LogP contribution is -2.31. The predicted octanol–water partition coefficient (Wildman–Crippen LogP) is 3.53. The second-order valence-corrected chi connectivity index (χ2v) is 6.03. The summed E-state index contributed by atoms with van der Waals surface area (Å²) in [5, 5.41) is 2.80. The first-order chi connectivity index (χ1) is 11.0. The van der Waals surface area contributed by atoms with E-state index in [0.29, 0.717) is 0 Å². The molecule has 120 valence electrons. The fraction of sp³-hybridized carbons (Fsp3) is 0.188. The fourth-order valence-electron chi connectivity index (χ4n) is 1.87. The van der Waals surface area contributed by atoms with Gasteiger partial charge in [0, 0.05) is 10.7 Å². The SMILES string of the molecule is C[C@@H](NC(=O)COC(=O)c1cccnc1Cl)c1ccc(Br)cc1. The first-order valence-corrected chi connectivity index (χ1v) is 7.97. The third-order valence-corrected chi connectivity index (χ3v) is 3.89. The van der Waals surface area contributed by atoms with Crippen LogP contribution in [-0.4, -0.2) is 23.5 Å². The number of benzene rings is 1. The maximum atomic E-state index is 11.9. The Morgan fingerprint density at radius 2 is 2.00 bits per heavy atom. The molecule has 0 spiro atoms. The molecule has 1 amide bonds. The van der Waals surface area contributed by atoms with Gasteiger partial charge in [0.15, 0.2) is 6.61 Å². The Labute approximate surface area is 147 Å². The van der Waals surface area contributed by atoms with Crippen molar-refractivity contribution in [3.63, 3.8) is 0 Å². The van der Waals surface area contributed by atoms with Crippen molar-refractivity contribution in [2.45, 2.75) is 13.0 Å². The molecule has 0 unspecified atom stereocenters. The number of hydrogen-bond acceptors (Lipinski definition) is 4. The van der Waals surface area contributed by atoms with E-state index in [9.17, 15) is 9.59 Å². The van der Waals surface area contributed by atoms with Crippen LogP contribution in [0.25, 0.3) is 0 Å². The van der Waals surface area contributed by atoms with Gasteiger partial charge in [-0.3, -0.25) is 4.79 Å². The quantitative estimate of drug-likeness (QED) is 0.619. The van der Waals surface area contributed by atoms with E-state index in [1.54, 1.807) is 6.07 Å². The van der Waals surface area contributed by atoms with Gasteiger partial charge in [0.05, 0.1) is 11.6 Å². The number of esters is 1. The zero-order valence-corrected chi connectivity index (χ0v) is 14.6. The summed E-state index contributed by atoms with van der Waals surface area (Å²) in [7, 11) is 0. The van der Waals surface area contributed by atoms with Crippen molar-refractivity contribution in [1.82, 2.24) is 10.3 Å². The van der Waals surface area contributed by atoms with E-state index in [2.05, 4.69) is 26.2 Å². The Morgan fingerprint density at radius 3 is 2.65 bits per heavy atom. The summed E-state index contributed by atoms with van der Waals surface area (Å²) >= 11 is 9.15. The highest BCUT2D eigenvalue weighted by Crippen LogP contribution is 2.16. The molecule has 0 saturated carbocycles. The molecule has 1 aromatic carbocycles. The molecule has 1 heterocycles.